The molecule has 0 amide bonds. The molecule has 0 unspecified atom stereocenters. The number of piperidine rings is 1. The highest BCUT2D eigenvalue weighted by molar-refractivity contribution is 7.98. The number of sulfonamides is 1. The summed E-state index contributed by atoms with van der Waals surface area (Å²) in [6.45, 7) is 5.84. The van der Waals surface area contributed by atoms with Crippen LogP contribution in [0, 0.1) is 6.92 Å². The van der Waals surface area contributed by atoms with Crippen LogP contribution in [-0.2, 0) is 22.3 Å². The molecule has 1 saturated heterocycles. The number of furan rings is 1. The summed E-state index contributed by atoms with van der Waals surface area (Å²) >= 11 is 1.56. The Morgan fingerprint density at radius 3 is 2.67 bits per heavy atom. The van der Waals surface area contributed by atoms with Crippen molar-refractivity contribution < 1.29 is 17.3 Å². The number of imidazole rings is 1. The van der Waals surface area contributed by atoms with Crippen molar-refractivity contribution in [2.45, 2.75) is 55.5 Å². The summed E-state index contributed by atoms with van der Waals surface area (Å²) in [5, 5.41) is 0.821. The zero-order chi connectivity index (χ0) is 23.0. The molecular weight excluding hydrogens is 460 g/mol. The highest BCUT2D eigenvalue weighted by Gasteiger charge is 2.27. The Labute approximate surface area is 197 Å². The van der Waals surface area contributed by atoms with E-state index in [1.165, 1.54) is 0 Å². The van der Waals surface area contributed by atoms with E-state index in [0.717, 1.165) is 47.9 Å². The molecule has 4 aromatic rings. The fourth-order valence-corrected chi connectivity index (χ4v) is 6.74. The second-order valence-corrected chi connectivity index (χ2v) is 10.9. The molecule has 0 saturated carbocycles. The van der Waals surface area contributed by atoms with Crippen molar-refractivity contribution in [1.29, 1.82) is 0 Å². The third-order valence-corrected chi connectivity index (χ3v) is 8.80. The molecule has 8 nitrogen and oxygen atoms in total. The summed E-state index contributed by atoms with van der Waals surface area (Å²) in [6.07, 6.45) is 4.50. The van der Waals surface area contributed by atoms with Crippen molar-refractivity contribution in [3.63, 3.8) is 0 Å². The predicted molar refractivity (Wildman–Crippen MR) is 127 cm³/mol. The first kappa shape index (κ1) is 22.2. The van der Waals surface area contributed by atoms with Gasteiger partial charge in [0, 0.05) is 25.4 Å². The Bertz CT molecular complexity index is 1370. The summed E-state index contributed by atoms with van der Waals surface area (Å²) < 4.78 is 41.0. The molecule has 1 aliphatic heterocycles. The second-order valence-electron chi connectivity index (χ2n) is 8.04. The van der Waals surface area contributed by atoms with E-state index >= 15 is 0 Å². The quantitative estimate of drug-likeness (QED) is 0.336. The van der Waals surface area contributed by atoms with Crippen molar-refractivity contribution in [2.24, 2.45) is 0 Å². The standard InChI is InChI=1S/C23H26N4O4S2/c1-3-27-20-10-9-17(33(28,29)26-11-5-4-6-12-26)14-18(20)25-23(27)32-15-19-16(2)31-22(24-19)21-8-7-13-30-21/h7-10,13-14H,3-6,11-12,15H2,1-2H3. The number of thioether (sulfide) groups is 1. The monoisotopic (exact) mass is 486 g/mol. The van der Waals surface area contributed by atoms with Crippen molar-refractivity contribution in [1.82, 2.24) is 18.8 Å². The topological polar surface area (TPSA) is 94.4 Å². The summed E-state index contributed by atoms with van der Waals surface area (Å²) in [6, 6.07) is 8.88. The van der Waals surface area contributed by atoms with Crippen LogP contribution in [0.1, 0.15) is 37.6 Å². The van der Waals surface area contributed by atoms with Gasteiger partial charge in [0.2, 0.25) is 10.0 Å². The van der Waals surface area contributed by atoms with E-state index in [1.54, 1.807) is 40.5 Å². The van der Waals surface area contributed by atoms with Crippen LogP contribution < -0.4 is 0 Å². The highest BCUT2D eigenvalue weighted by Crippen LogP contribution is 2.31. The summed E-state index contributed by atoms with van der Waals surface area (Å²) in [4.78, 5) is 9.65. The molecule has 0 N–H and O–H groups in total. The molecule has 0 aliphatic carbocycles. The Balaban J connectivity index is 1.41. The van der Waals surface area contributed by atoms with Gasteiger partial charge >= 0.3 is 0 Å². The summed E-state index contributed by atoms with van der Waals surface area (Å²) in [5.41, 5.74) is 2.44. The van der Waals surface area contributed by atoms with Gasteiger partial charge in [-0.25, -0.2) is 18.4 Å². The van der Waals surface area contributed by atoms with E-state index in [2.05, 4.69) is 16.5 Å². The third kappa shape index (κ3) is 4.22. The average molecular weight is 487 g/mol. The van der Waals surface area contributed by atoms with Gasteiger partial charge in [0.05, 0.1) is 27.9 Å². The van der Waals surface area contributed by atoms with Crippen LogP contribution >= 0.6 is 11.8 Å². The first-order valence-electron chi connectivity index (χ1n) is 11.1. The van der Waals surface area contributed by atoms with E-state index in [1.807, 2.05) is 19.1 Å². The molecule has 5 rings (SSSR count). The van der Waals surface area contributed by atoms with Gasteiger partial charge < -0.3 is 13.4 Å². The van der Waals surface area contributed by atoms with Crippen molar-refractivity contribution >= 4 is 32.8 Å². The molecule has 1 aromatic carbocycles. The van der Waals surface area contributed by atoms with Crippen LogP contribution in [0.15, 0.2) is 55.5 Å². The Morgan fingerprint density at radius 2 is 1.94 bits per heavy atom. The maximum Gasteiger partial charge on any atom is 0.263 e. The van der Waals surface area contributed by atoms with Gasteiger partial charge in [0.1, 0.15) is 5.76 Å². The smallest absolute Gasteiger partial charge is 0.263 e. The number of oxazole rings is 1. The van der Waals surface area contributed by atoms with Crippen molar-refractivity contribution in [3.8, 4) is 11.7 Å². The minimum Gasteiger partial charge on any atom is -0.459 e. The fraction of sp³-hybridized carbons (Fsp3) is 0.391. The normalized spacial score (nSPS) is 15.5. The maximum atomic E-state index is 13.1. The SMILES string of the molecule is CCn1c(SCc2nc(-c3ccco3)oc2C)nc2cc(S(=O)(=O)N3CCCCC3)ccc21. The molecule has 4 heterocycles. The van der Waals surface area contributed by atoms with Crippen LogP contribution in [0.4, 0.5) is 0 Å². The van der Waals surface area contributed by atoms with Crippen molar-refractivity contribution in [3.05, 3.63) is 48.0 Å². The Kier molecular flexibility index (Phi) is 6.07. The van der Waals surface area contributed by atoms with E-state index in [0.29, 0.717) is 40.9 Å². The van der Waals surface area contributed by atoms with Crippen LogP contribution in [0.5, 0.6) is 0 Å². The van der Waals surface area contributed by atoms with Crippen molar-refractivity contribution in [2.75, 3.05) is 13.1 Å². The number of hydrogen-bond acceptors (Lipinski definition) is 7. The molecule has 1 aliphatic rings. The minimum absolute atomic E-state index is 0.310. The summed E-state index contributed by atoms with van der Waals surface area (Å²) in [7, 11) is -3.50. The number of aryl methyl sites for hydroxylation is 2. The number of aromatic nitrogens is 3. The van der Waals surface area contributed by atoms with E-state index < -0.39 is 10.0 Å². The maximum absolute atomic E-state index is 13.1. The van der Waals surface area contributed by atoms with E-state index in [4.69, 9.17) is 13.8 Å². The zero-order valence-corrected chi connectivity index (χ0v) is 20.3. The lowest BCUT2D eigenvalue weighted by atomic mass is 10.2. The zero-order valence-electron chi connectivity index (χ0n) is 18.7. The average Bonchev–Trinajstić information content (AvgIpc) is 3.56. The molecule has 0 atom stereocenters. The van der Waals surface area contributed by atoms with Gasteiger partial charge in [-0.15, -0.1) is 0 Å². The Hall–Kier alpha value is -2.56. The molecule has 0 spiro atoms. The molecule has 0 radical (unpaired) electrons. The lowest BCUT2D eigenvalue weighted by Gasteiger charge is -2.25. The van der Waals surface area contributed by atoms with Gasteiger partial charge in [0.15, 0.2) is 10.9 Å². The van der Waals surface area contributed by atoms with E-state index in [9.17, 15) is 8.42 Å². The highest BCUT2D eigenvalue weighted by atomic mass is 32.2. The lowest BCUT2D eigenvalue weighted by Crippen LogP contribution is -2.35. The number of fused-ring (bicyclic) bond motifs is 1. The molecular formula is C23H26N4O4S2. The van der Waals surface area contributed by atoms with Crippen LogP contribution in [0.2, 0.25) is 0 Å². The van der Waals surface area contributed by atoms with Crippen LogP contribution in [-0.4, -0.2) is 40.3 Å². The van der Waals surface area contributed by atoms with Gasteiger partial charge in [-0.2, -0.15) is 4.31 Å². The van der Waals surface area contributed by atoms with Crippen LogP contribution in [0.3, 0.4) is 0 Å². The molecule has 174 valence electrons. The first-order chi connectivity index (χ1) is 16.0. The van der Waals surface area contributed by atoms with E-state index in [-0.39, 0.29) is 0 Å². The molecule has 1 fully saturated rings. The molecule has 0 bridgehead atoms. The van der Waals surface area contributed by atoms with Gasteiger partial charge in [0.25, 0.3) is 5.89 Å². The van der Waals surface area contributed by atoms with Crippen LogP contribution in [0.25, 0.3) is 22.7 Å². The predicted octanol–water partition coefficient (Wildman–Crippen LogP) is 5.08. The number of nitrogens with zero attached hydrogens (tertiary/aromatic N) is 4. The molecule has 3 aromatic heterocycles. The largest absolute Gasteiger partial charge is 0.459 e. The Morgan fingerprint density at radius 1 is 1.12 bits per heavy atom. The number of rotatable bonds is 7. The van der Waals surface area contributed by atoms with Gasteiger partial charge in [-0.05, 0) is 57.0 Å². The number of hydrogen-bond donors (Lipinski definition) is 0. The van der Waals surface area contributed by atoms with Gasteiger partial charge in [-0.3, -0.25) is 0 Å². The third-order valence-electron chi connectivity index (χ3n) is 5.92. The fourth-order valence-electron chi connectivity index (χ4n) is 4.12. The molecule has 10 heteroatoms. The summed E-state index contributed by atoms with van der Waals surface area (Å²) in [5.74, 6) is 2.38. The number of benzene rings is 1. The molecule has 33 heavy (non-hydrogen) atoms. The second kappa shape index (κ2) is 9.00. The lowest BCUT2D eigenvalue weighted by molar-refractivity contribution is 0.346. The minimum atomic E-state index is -3.50. The van der Waals surface area contributed by atoms with Gasteiger partial charge in [-0.1, -0.05) is 18.2 Å². The first-order valence-corrected chi connectivity index (χ1v) is 13.5.